The van der Waals surface area contributed by atoms with Gasteiger partial charge in [-0.05, 0) is 79.4 Å². The Hall–Kier alpha value is -2.73. The van der Waals surface area contributed by atoms with Gasteiger partial charge in [-0.3, -0.25) is 9.59 Å². The molecule has 2 amide bonds. The highest BCUT2D eigenvalue weighted by atomic mass is 35.5. The number of anilines is 2. The first kappa shape index (κ1) is 24.4. The van der Waals surface area contributed by atoms with Gasteiger partial charge in [0.1, 0.15) is 10.6 Å². The highest BCUT2D eigenvalue weighted by Gasteiger charge is 2.40. The van der Waals surface area contributed by atoms with Crippen molar-refractivity contribution in [1.82, 2.24) is 0 Å². The summed E-state index contributed by atoms with van der Waals surface area (Å²) in [6.45, 7) is 4.02. The van der Waals surface area contributed by atoms with Crippen molar-refractivity contribution in [3.05, 3.63) is 98.5 Å². The van der Waals surface area contributed by atoms with E-state index in [4.69, 9.17) is 23.2 Å². The monoisotopic (exact) mass is 510 g/mol. The van der Waals surface area contributed by atoms with Crippen molar-refractivity contribution in [3.63, 3.8) is 0 Å². The maximum Gasteiger partial charge on any atom is 0.283 e. The fraction of sp³-hybridized carbons (Fsp3) is 0.185. The van der Waals surface area contributed by atoms with E-state index < -0.39 is 5.91 Å². The second-order valence-corrected chi connectivity index (χ2v) is 9.94. The Morgan fingerprint density at radius 3 is 2.29 bits per heavy atom. The molecule has 4 nitrogen and oxygen atoms in total. The molecule has 4 rings (SSSR count). The van der Waals surface area contributed by atoms with Gasteiger partial charge in [0.15, 0.2) is 0 Å². The molecule has 1 N–H and O–H groups in total. The minimum Gasteiger partial charge on any atom is -0.350 e. The Morgan fingerprint density at radius 2 is 1.62 bits per heavy atom. The van der Waals surface area contributed by atoms with Crippen LogP contribution < -0.4 is 10.2 Å². The van der Waals surface area contributed by atoms with Gasteiger partial charge in [0.2, 0.25) is 0 Å². The molecule has 3 aromatic carbocycles. The third-order valence-electron chi connectivity index (χ3n) is 5.62. The van der Waals surface area contributed by atoms with Crippen molar-refractivity contribution in [2.75, 3.05) is 10.2 Å². The summed E-state index contributed by atoms with van der Waals surface area (Å²) < 4.78 is 0. The van der Waals surface area contributed by atoms with Crippen LogP contribution in [0.25, 0.3) is 0 Å². The molecule has 0 atom stereocenters. The minimum absolute atomic E-state index is 0.227. The lowest BCUT2D eigenvalue weighted by Crippen LogP contribution is -2.32. The number of nitrogens with zero attached hydrogens (tertiary/aromatic N) is 1. The minimum atomic E-state index is -0.401. The molecule has 0 bridgehead atoms. The van der Waals surface area contributed by atoms with E-state index >= 15 is 0 Å². The molecule has 0 aromatic heterocycles. The first-order valence-electron chi connectivity index (χ1n) is 11.1. The van der Waals surface area contributed by atoms with Gasteiger partial charge in [-0.2, -0.15) is 0 Å². The summed E-state index contributed by atoms with van der Waals surface area (Å²) in [7, 11) is 0. The van der Waals surface area contributed by atoms with Crippen LogP contribution in [0, 0.1) is 6.92 Å². The molecule has 7 heteroatoms. The zero-order valence-electron chi connectivity index (χ0n) is 18.9. The van der Waals surface area contributed by atoms with Gasteiger partial charge in [0.05, 0.1) is 5.69 Å². The second kappa shape index (κ2) is 10.7. The molecule has 0 saturated carbocycles. The molecule has 0 radical (unpaired) electrons. The molecule has 0 unspecified atom stereocenters. The van der Waals surface area contributed by atoms with Crippen LogP contribution in [0.4, 0.5) is 11.4 Å². The van der Waals surface area contributed by atoms with Crippen LogP contribution in [0.15, 0.2) is 82.2 Å². The number of carbonyl (C=O) groups is 2. The van der Waals surface area contributed by atoms with Crippen LogP contribution in [-0.2, 0) is 16.0 Å². The molecule has 0 aliphatic carbocycles. The van der Waals surface area contributed by atoms with E-state index in [1.165, 1.54) is 22.2 Å². The number of unbranched alkanes of at least 4 members (excludes halogenated alkanes) is 1. The first-order valence-corrected chi connectivity index (χ1v) is 12.6. The van der Waals surface area contributed by atoms with E-state index in [2.05, 4.69) is 12.2 Å². The molecule has 1 heterocycles. The van der Waals surface area contributed by atoms with E-state index in [1.807, 2.05) is 49.4 Å². The second-order valence-electron chi connectivity index (χ2n) is 8.01. The molecule has 0 fully saturated rings. The number of nitrogens with one attached hydrogen (secondary N) is 1. The van der Waals surface area contributed by atoms with Gasteiger partial charge in [-0.25, -0.2) is 4.90 Å². The lowest BCUT2D eigenvalue weighted by atomic mass is 10.1. The summed E-state index contributed by atoms with van der Waals surface area (Å²) in [5.74, 6) is -0.768. The van der Waals surface area contributed by atoms with Crippen LogP contribution in [0.5, 0.6) is 0 Å². The highest BCUT2D eigenvalue weighted by molar-refractivity contribution is 8.04. The van der Waals surface area contributed by atoms with E-state index in [0.717, 1.165) is 29.7 Å². The summed E-state index contributed by atoms with van der Waals surface area (Å²) in [4.78, 5) is 29.4. The normalized spacial score (nSPS) is 13.7. The van der Waals surface area contributed by atoms with E-state index in [-0.39, 0.29) is 11.6 Å². The topological polar surface area (TPSA) is 49.4 Å². The summed E-state index contributed by atoms with van der Waals surface area (Å²) in [6.07, 6.45) is 3.17. The zero-order valence-corrected chi connectivity index (χ0v) is 21.2. The van der Waals surface area contributed by atoms with E-state index in [0.29, 0.717) is 26.3 Å². The molecular formula is C27H24Cl2N2O2S. The Morgan fingerprint density at radius 1 is 0.912 bits per heavy atom. The van der Waals surface area contributed by atoms with Crippen molar-refractivity contribution in [2.24, 2.45) is 0 Å². The highest BCUT2D eigenvalue weighted by Crippen LogP contribution is 2.39. The summed E-state index contributed by atoms with van der Waals surface area (Å²) in [5.41, 5.74) is 3.43. The molecule has 1 aliphatic heterocycles. The average molecular weight is 511 g/mol. The van der Waals surface area contributed by atoms with Gasteiger partial charge in [0, 0.05) is 20.6 Å². The number of amides is 2. The van der Waals surface area contributed by atoms with Crippen molar-refractivity contribution in [1.29, 1.82) is 0 Å². The fourth-order valence-corrected chi connectivity index (χ4v) is 4.87. The first-order chi connectivity index (χ1) is 16.4. The number of thioether (sulfide) groups is 1. The van der Waals surface area contributed by atoms with Crippen LogP contribution in [0.3, 0.4) is 0 Å². The molecule has 0 saturated heterocycles. The van der Waals surface area contributed by atoms with Crippen molar-refractivity contribution in [2.45, 2.75) is 38.0 Å². The van der Waals surface area contributed by atoms with Crippen LogP contribution in [0.1, 0.15) is 30.9 Å². The number of halogens is 2. The number of rotatable bonds is 8. The molecular weight excluding hydrogens is 487 g/mol. The van der Waals surface area contributed by atoms with Gasteiger partial charge in [0.25, 0.3) is 11.8 Å². The third-order valence-corrected chi connectivity index (χ3v) is 7.37. The predicted molar refractivity (Wildman–Crippen MR) is 142 cm³/mol. The largest absolute Gasteiger partial charge is 0.350 e. The maximum atomic E-state index is 13.5. The quantitative estimate of drug-likeness (QED) is 0.316. The van der Waals surface area contributed by atoms with Gasteiger partial charge < -0.3 is 5.32 Å². The average Bonchev–Trinajstić information content (AvgIpc) is 3.06. The van der Waals surface area contributed by atoms with E-state index in [9.17, 15) is 9.59 Å². The fourth-order valence-electron chi connectivity index (χ4n) is 3.64. The molecule has 174 valence electrons. The Labute approximate surface area is 213 Å². The van der Waals surface area contributed by atoms with Crippen molar-refractivity contribution in [3.8, 4) is 0 Å². The Kier molecular flexibility index (Phi) is 7.67. The predicted octanol–water partition coefficient (Wildman–Crippen LogP) is 7.63. The Bertz CT molecular complexity index is 1250. The molecule has 1 aliphatic rings. The molecule has 3 aromatic rings. The number of benzene rings is 3. The molecule has 34 heavy (non-hydrogen) atoms. The van der Waals surface area contributed by atoms with Crippen LogP contribution >= 0.6 is 35.0 Å². The van der Waals surface area contributed by atoms with Crippen molar-refractivity contribution >= 4 is 58.2 Å². The van der Waals surface area contributed by atoms with Gasteiger partial charge in [-0.1, -0.05) is 66.5 Å². The summed E-state index contributed by atoms with van der Waals surface area (Å²) in [5, 5.41) is 4.37. The molecule has 0 spiro atoms. The number of carbonyl (C=O) groups excluding carboxylic acids is 2. The van der Waals surface area contributed by atoms with Crippen LogP contribution in [-0.4, -0.2) is 11.8 Å². The smallest absolute Gasteiger partial charge is 0.283 e. The van der Waals surface area contributed by atoms with Crippen molar-refractivity contribution < 1.29 is 9.59 Å². The van der Waals surface area contributed by atoms with Crippen LogP contribution in [0.2, 0.25) is 10.0 Å². The number of imide groups is 1. The van der Waals surface area contributed by atoms with E-state index in [1.54, 1.807) is 24.3 Å². The Balaban J connectivity index is 1.70. The third kappa shape index (κ3) is 5.17. The zero-order chi connectivity index (χ0) is 24.2. The lowest BCUT2D eigenvalue weighted by molar-refractivity contribution is -0.120. The lowest BCUT2D eigenvalue weighted by Gasteiger charge is -2.16. The number of aryl methyl sites for hydroxylation is 1. The SMILES string of the molecule is CCCCc1ccc(N2C(=O)C(Nc3cccc(Cl)c3C)=C(Sc3ccc(Cl)cc3)C2=O)cc1. The van der Waals surface area contributed by atoms with Gasteiger partial charge in [-0.15, -0.1) is 0 Å². The summed E-state index contributed by atoms with van der Waals surface area (Å²) >= 11 is 13.5. The summed E-state index contributed by atoms with van der Waals surface area (Å²) in [6, 6.07) is 20.2. The standard InChI is InChI=1S/C27H24Cl2N2O2S/c1-3-4-6-18-9-13-20(14-10-18)31-26(32)24(30-23-8-5-7-22(29)17(23)2)25(27(31)33)34-21-15-11-19(28)12-16-21/h5,7-16,30H,3-4,6H2,1-2H3. The maximum absolute atomic E-state index is 13.5. The van der Waals surface area contributed by atoms with Gasteiger partial charge >= 0.3 is 0 Å². The number of hydrogen-bond acceptors (Lipinski definition) is 4. The number of hydrogen-bond donors (Lipinski definition) is 1.